The van der Waals surface area contributed by atoms with Crippen LogP contribution in [0, 0.1) is 5.92 Å². The highest BCUT2D eigenvalue weighted by Crippen LogP contribution is 2.36. The summed E-state index contributed by atoms with van der Waals surface area (Å²) in [7, 11) is 0. The number of hydrogen-bond acceptors (Lipinski definition) is 3. The van der Waals surface area contributed by atoms with E-state index in [9.17, 15) is 9.90 Å². The third-order valence-electron chi connectivity index (χ3n) is 4.99. The second kappa shape index (κ2) is 6.41. The van der Waals surface area contributed by atoms with Crippen LogP contribution >= 0.6 is 11.8 Å². The summed E-state index contributed by atoms with van der Waals surface area (Å²) >= 11 is 2.05. The van der Waals surface area contributed by atoms with Crippen LogP contribution in [0.3, 0.4) is 0 Å². The third-order valence-corrected chi connectivity index (χ3v) is 6.22. The molecule has 4 heteroatoms. The van der Waals surface area contributed by atoms with Gasteiger partial charge in [0.1, 0.15) is 0 Å². The highest BCUT2D eigenvalue weighted by molar-refractivity contribution is 7.99. The number of carbonyl (C=O) groups is 1. The summed E-state index contributed by atoms with van der Waals surface area (Å²) in [6.07, 6.45) is 2.78. The van der Waals surface area contributed by atoms with Gasteiger partial charge in [-0.1, -0.05) is 30.3 Å². The van der Waals surface area contributed by atoms with Gasteiger partial charge in [-0.2, -0.15) is 11.8 Å². The van der Waals surface area contributed by atoms with Crippen molar-refractivity contribution < 1.29 is 9.90 Å². The Morgan fingerprint density at radius 2 is 2.00 bits per heavy atom. The second-order valence-corrected chi connectivity index (χ2v) is 7.43. The lowest BCUT2D eigenvalue weighted by Gasteiger charge is -2.40. The van der Waals surface area contributed by atoms with Crippen molar-refractivity contribution in [3.63, 3.8) is 0 Å². The number of benzene rings is 1. The number of piperidine rings is 1. The molecule has 1 aromatic carbocycles. The molecule has 3 nitrogen and oxygen atoms in total. The van der Waals surface area contributed by atoms with E-state index < -0.39 is 11.4 Å². The molecule has 2 aliphatic rings. The van der Waals surface area contributed by atoms with Gasteiger partial charge in [0.25, 0.3) is 0 Å². The highest BCUT2D eigenvalue weighted by atomic mass is 32.2. The average Bonchev–Trinajstić information content (AvgIpc) is 3.02. The zero-order valence-electron chi connectivity index (χ0n) is 12.3. The van der Waals surface area contributed by atoms with Crippen LogP contribution in [0.5, 0.6) is 0 Å². The number of hydrogen-bond donors (Lipinski definition) is 1. The molecule has 0 amide bonds. The van der Waals surface area contributed by atoms with Gasteiger partial charge in [-0.15, -0.1) is 0 Å². The number of likely N-dealkylation sites (tertiary alicyclic amines) is 1. The molecular formula is C17H23NO2S. The Morgan fingerprint density at radius 1 is 1.29 bits per heavy atom. The summed E-state index contributed by atoms with van der Waals surface area (Å²) in [6, 6.07) is 9.78. The van der Waals surface area contributed by atoms with Gasteiger partial charge < -0.3 is 10.0 Å². The van der Waals surface area contributed by atoms with Crippen LogP contribution in [-0.2, 0) is 10.2 Å². The molecule has 0 spiro atoms. The van der Waals surface area contributed by atoms with E-state index >= 15 is 0 Å². The van der Waals surface area contributed by atoms with E-state index in [2.05, 4.69) is 16.7 Å². The molecule has 2 heterocycles. The normalized spacial score (nSPS) is 25.8. The van der Waals surface area contributed by atoms with Crippen LogP contribution in [0.4, 0.5) is 0 Å². The lowest BCUT2D eigenvalue weighted by molar-refractivity contribution is -0.146. The Morgan fingerprint density at radius 3 is 2.57 bits per heavy atom. The first-order valence-corrected chi connectivity index (χ1v) is 8.95. The molecule has 1 atom stereocenters. The Kier molecular flexibility index (Phi) is 4.55. The molecule has 0 bridgehead atoms. The van der Waals surface area contributed by atoms with Gasteiger partial charge in [0.05, 0.1) is 5.41 Å². The summed E-state index contributed by atoms with van der Waals surface area (Å²) in [4.78, 5) is 14.4. The zero-order valence-corrected chi connectivity index (χ0v) is 13.1. The van der Waals surface area contributed by atoms with Crippen LogP contribution in [0.25, 0.3) is 0 Å². The van der Waals surface area contributed by atoms with Crippen LogP contribution in [0.1, 0.15) is 24.8 Å². The average molecular weight is 305 g/mol. The minimum absolute atomic E-state index is 0.662. The molecule has 1 aromatic rings. The SMILES string of the molecule is O=C(O)C1(c2ccccc2)CCN(CC2CCSC2)CC1. The summed E-state index contributed by atoms with van der Waals surface area (Å²) < 4.78 is 0. The van der Waals surface area contributed by atoms with Gasteiger partial charge in [-0.05, 0) is 55.3 Å². The maximum absolute atomic E-state index is 11.9. The van der Waals surface area contributed by atoms with Crippen LogP contribution < -0.4 is 0 Å². The van der Waals surface area contributed by atoms with E-state index in [1.807, 2.05) is 30.3 Å². The number of rotatable bonds is 4. The first kappa shape index (κ1) is 14.9. The van der Waals surface area contributed by atoms with Crippen LogP contribution in [0.2, 0.25) is 0 Å². The van der Waals surface area contributed by atoms with Gasteiger partial charge in [-0.3, -0.25) is 4.79 Å². The predicted octanol–water partition coefficient (Wildman–Crippen LogP) is 2.86. The summed E-state index contributed by atoms with van der Waals surface area (Å²) in [5.74, 6) is 2.72. The van der Waals surface area contributed by atoms with Crippen molar-refractivity contribution in [2.45, 2.75) is 24.7 Å². The van der Waals surface area contributed by atoms with E-state index in [0.717, 1.165) is 44.0 Å². The monoisotopic (exact) mass is 305 g/mol. The van der Waals surface area contributed by atoms with E-state index in [0.29, 0.717) is 0 Å². The molecule has 2 aliphatic heterocycles. The molecule has 1 N–H and O–H groups in total. The molecule has 2 fully saturated rings. The molecular weight excluding hydrogens is 282 g/mol. The second-order valence-electron chi connectivity index (χ2n) is 6.28. The Bertz CT molecular complexity index is 477. The molecule has 21 heavy (non-hydrogen) atoms. The van der Waals surface area contributed by atoms with Crippen molar-refractivity contribution in [3.8, 4) is 0 Å². The number of nitrogens with zero attached hydrogens (tertiary/aromatic N) is 1. The maximum atomic E-state index is 11.9. The predicted molar refractivity (Wildman–Crippen MR) is 86.9 cm³/mol. The standard InChI is InChI=1S/C17H23NO2S/c19-16(20)17(15-4-2-1-3-5-15)7-9-18(10-8-17)12-14-6-11-21-13-14/h1-5,14H,6-13H2,(H,19,20). The first-order chi connectivity index (χ1) is 10.2. The molecule has 1 unspecified atom stereocenters. The molecule has 2 saturated heterocycles. The minimum Gasteiger partial charge on any atom is -0.481 e. The van der Waals surface area contributed by atoms with Crippen molar-refractivity contribution in [2.75, 3.05) is 31.1 Å². The van der Waals surface area contributed by atoms with Gasteiger partial charge in [0.15, 0.2) is 0 Å². The molecule has 0 aromatic heterocycles. The van der Waals surface area contributed by atoms with Gasteiger partial charge >= 0.3 is 5.97 Å². The van der Waals surface area contributed by atoms with Crippen LogP contribution in [-0.4, -0.2) is 47.1 Å². The van der Waals surface area contributed by atoms with E-state index in [1.165, 1.54) is 17.9 Å². The van der Waals surface area contributed by atoms with Crippen molar-refractivity contribution in [1.82, 2.24) is 4.90 Å². The van der Waals surface area contributed by atoms with E-state index in [1.54, 1.807) is 0 Å². The Labute approximate surface area is 130 Å². The van der Waals surface area contributed by atoms with Gasteiger partial charge in [0.2, 0.25) is 0 Å². The maximum Gasteiger partial charge on any atom is 0.314 e. The van der Waals surface area contributed by atoms with Crippen molar-refractivity contribution in [1.29, 1.82) is 0 Å². The van der Waals surface area contributed by atoms with Gasteiger partial charge in [-0.25, -0.2) is 0 Å². The summed E-state index contributed by atoms with van der Waals surface area (Å²) in [6.45, 7) is 2.96. The number of aliphatic carboxylic acids is 1. The topological polar surface area (TPSA) is 40.5 Å². The highest BCUT2D eigenvalue weighted by Gasteiger charge is 2.43. The molecule has 0 saturated carbocycles. The lowest BCUT2D eigenvalue weighted by Crippen LogP contribution is -2.48. The Balaban J connectivity index is 1.67. The van der Waals surface area contributed by atoms with E-state index in [-0.39, 0.29) is 0 Å². The molecule has 0 radical (unpaired) electrons. The lowest BCUT2D eigenvalue weighted by atomic mass is 9.72. The molecule has 114 valence electrons. The Hall–Kier alpha value is -1.00. The van der Waals surface area contributed by atoms with Crippen molar-refractivity contribution >= 4 is 17.7 Å². The third kappa shape index (κ3) is 3.11. The molecule has 0 aliphatic carbocycles. The molecule has 3 rings (SSSR count). The van der Waals surface area contributed by atoms with Crippen LogP contribution in [0.15, 0.2) is 30.3 Å². The summed E-state index contributed by atoms with van der Waals surface area (Å²) in [5.41, 5.74) is 0.288. The fourth-order valence-electron chi connectivity index (χ4n) is 3.59. The number of carboxylic acids is 1. The van der Waals surface area contributed by atoms with E-state index in [4.69, 9.17) is 0 Å². The number of thioether (sulfide) groups is 1. The smallest absolute Gasteiger partial charge is 0.314 e. The fraction of sp³-hybridized carbons (Fsp3) is 0.588. The summed E-state index contributed by atoms with van der Waals surface area (Å²) in [5, 5.41) is 9.79. The number of carboxylic acid groups (broad SMARTS) is 1. The minimum atomic E-state index is -0.678. The van der Waals surface area contributed by atoms with Crippen molar-refractivity contribution in [2.24, 2.45) is 5.92 Å². The largest absolute Gasteiger partial charge is 0.481 e. The first-order valence-electron chi connectivity index (χ1n) is 7.80. The zero-order chi connectivity index (χ0) is 14.7. The van der Waals surface area contributed by atoms with Crippen molar-refractivity contribution in [3.05, 3.63) is 35.9 Å². The fourth-order valence-corrected chi connectivity index (χ4v) is 4.87. The quantitative estimate of drug-likeness (QED) is 0.928. The van der Waals surface area contributed by atoms with Gasteiger partial charge in [0, 0.05) is 6.54 Å².